The standard InChI is InChI=1S/C21H36/c1-15-6-5-9-17(12-15)19-13-18-10-11-20(21(18)14-19)16-7-3-2-4-8-16/h15-21H,2-14H2,1H3. The number of fused-ring (bicyclic) bond motifs is 1. The molecule has 0 spiro atoms. The molecule has 4 rings (SSSR count). The lowest BCUT2D eigenvalue weighted by atomic mass is 9.72. The fourth-order valence-electron chi connectivity index (χ4n) is 7.12. The van der Waals surface area contributed by atoms with E-state index in [0.717, 1.165) is 41.4 Å². The van der Waals surface area contributed by atoms with Gasteiger partial charge >= 0.3 is 0 Å². The van der Waals surface area contributed by atoms with E-state index in [4.69, 9.17) is 0 Å². The molecule has 0 amide bonds. The van der Waals surface area contributed by atoms with Crippen LogP contribution in [0.1, 0.15) is 90.4 Å². The van der Waals surface area contributed by atoms with Crippen molar-refractivity contribution >= 4 is 0 Å². The maximum atomic E-state index is 2.51. The van der Waals surface area contributed by atoms with E-state index in [0.29, 0.717) is 0 Å². The third kappa shape index (κ3) is 2.93. The van der Waals surface area contributed by atoms with Crippen LogP contribution in [-0.2, 0) is 0 Å². The van der Waals surface area contributed by atoms with Crippen LogP contribution in [0.25, 0.3) is 0 Å². The summed E-state index contributed by atoms with van der Waals surface area (Å²) in [4.78, 5) is 0. The second-order valence-corrected chi connectivity index (χ2v) is 9.33. The molecular formula is C21H36. The van der Waals surface area contributed by atoms with Gasteiger partial charge in [-0.2, -0.15) is 0 Å². The minimum Gasteiger partial charge on any atom is -0.0625 e. The van der Waals surface area contributed by atoms with Crippen LogP contribution in [-0.4, -0.2) is 0 Å². The summed E-state index contributed by atoms with van der Waals surface area (Å²) in [7, 11) is 0. The number of rotatable bonds is 2. The van der Waals surface area contributed by atoms with Crippen molar-refractivity contribution < 1.29 is 0 Å². The van der Waals surface area contributed by atoms with E-state index in [1.165, 1.54) is 19.3 Å². The molecule has 6 atom stereocenters. The summed E-state index contributed by atoms with van der Waals surface area (Å²) in [6, 6.07) is 0. The summed E-state index contributed by atoms with van der Waals surface area (Å²) in [6.45, 7) is 2.51. The van der Waals surface area contributed by atoms with Crippen molar-refractivity contribution in [2.45, 2.75) is 90.4 Å². The van der Waals surface area contributed by atoms with Crippen LogP contribution in [0.15, 0.2) is 0 Å². The Morgan fingerprint density at radius 1 is 0.476 bits per heavy atom. The van der Waals surface area contributed by atoms with Crippen molar-refractivity contribution in [3.63, 3.8) is 0 Å². The third-order valence-electron chi connectivity index (χ3n) is 8.11. The molecule has 4 aliphatic rings. The molecule has 21 heavy (non-hydrogen) atoms. The number of hydrogen-bond acceptors (Lipinski definition) is 0. The molecule has 4 saturated carbocycles. The molecule has 4 fully saturated rings. The minimum absolute atomic E-state index is 1.03. The molecule has 0 saturated heterocycles. The Morgan fingerprint density at radius 3 is 2.10 bits per heavy atom. The molecule has 0 bridgehead atoms. The molecule has 0 aromatic carbocycles. The topological polar surface area (TPSA) is 0 Å². The SMILES string of the molecule is CC1CCCC(C2CC3CCC(C4CCCCC4)C3C2)C1. The average Bonchev–Trinajstić information content (AvgIpc) is 3.08. The smallest absolute Gasteiger partial charge is 0.0352 e. The molecule has 4 aliphatic carbocycles. The van der Waals surface area contributed by atoms with Crippen LogP contribution in [0.3, 0.4) is 0 Å². The molecular weight excluding hydrogens is 252 g/mol. The lowest BCUT2D eigenvalue weighted by Gasteiger charge is -2.34. The summed E-state index contributed by atoms with van der Waals surface area (Å²) < 4.78 is 0. The molecule has 0 heteroatoms. The normalized spacial score (nSPS) is 48.4. The van der Waals surface area contributed by atoms with Crippen molar-refractivity contribution in [2.24, 2.45) is 41.4 Å². The van der Waals surface area contributed by atoms with Crippen LogP contribution in [0.4, 0.5) is 0 Å². The Hall–Kier alpha value is 0. The van der Waals surface area contributed by atoms with Crippen LogP contribution in [0, 0.1) is 41.4 Å². The average molecular weight is 289 g/mol. The first-order chi connectivity index (χ1) is 10.3. The van der Waals surface area contributed by atoms with Crippen molar-refractivity contribution in [1.82, 2.24) is 0 Å². The van der Waals surface area contributed by atoms with Gasteiger partial charge in [-0.1, -0.05) is 58.3 Å². The van der Waals surface area contributed by atoms with E-state index in [2.05, 4.69) is 6.92 Å². The van der Waals surface area contributed by atoms with Crippen LogP contribution >= 0.6 is 0 Å². The van der Waals surface area contributed by atoms with E-state index in [1.54, 1.807) is 64.2 Å². The van der Waals surface area contributed by atoms with Gasteiger partial charge in [0.05, 0.1) is 0 Å². The van der Waals surface area contributed by atoms with Crippen LogP contribution in [0.2, 0.25) is 0 Å². The van der Waals surface area contributed by atoms with Gasteiger partial charge in [-0.15, -0.1) is 0 Å². The summed E-state index contributed by atoms with van der Waals surface area (Å²) in [5.74, 6) is 7.88. The molecule has 6 unspecified atom stereocenters. The zero-order valence-electron chi connectivity index (χ0n) is 14.2. The summed E-state index contributed by atoms with van der Waals surface area (Å²) in [5.41, 5.74) is 0. The maximum absolute atomic E-state index is 2.51. The van der Waals surface area contributed by atoms with E-state index >= 15 is 0 Å². The summed E-state index contributed by atoms with van der Waals surface area (Å²) in [6.07, 6.45) is 20.4. The fourth-order valence-corrected chi connectivity index (χ4v) is 7.12. The second kappa shape index (κ2) is 6.25. The van der Waals surface area contributed by atoms with Crippen LogP contribution < -0.4 is 0 Å². The highest BCUT2D eigenvalue weighted by Gasteiger charge is 2.47. The lowest BCUT2D eigenvalue weighted by Crippen LogP contribution is -2.24. The van der Waals surface area contributed by atoms with Crippen LogP contribution in [0.5, 0.6) is 0 Å². The van der Waals surface area contributed by atoms with Gasteiger partial charge in [0.25, 0.3) is 0 Å². The highest BCUT2D eigenvalue weighted by Crippen LogP contribution is 2.57. The molecule has 0 N–H and O–H groups in total. The Bertz CT molecular complexity index is 340. The molecule has 0 heterocycles. The van der Waals surface area contributed by atoms with E-state index in [-0.39, 0.29) is 0 Å². The van der Waals surface area contributed by atoms with Crippen molar-refractivity contribution in [3.05, 3.63) is 0 Å². The first-order valence-corrected chi connectivity index (χ1v) is 10.3. The first kappa shape index (κ1) is 14.6. The second-order valence-electron chi connectivity index (χ2n) is 9.33. The Kier molecular flexibility index (Phi) is 4.34. The van der Waals surface area contributed by atoms with Gasteiger partial charge < -0.3 is 0 Å². The molecule has 0 aliphatic heterocycles. The van der Waals surface area contributed by atoms with Crippen molar-refractivity contribution in [2.75, 3.05) is 0 Å². The zero-order valence-corrected chi connectivity index (χ0v) is 14.2. The van der Waals surface area contributed by atoms with Gasteiger partial charge in [0.15, 0.2) is 0 Å². The molecule has 0 radical (unpaired) electrons. The van der Waals surface area contributed by atoms with E-state index < -0.39 is 0 Å². The largest absolute Gasteiger partial charge is 0.0625 e. The van der Waals surface area contributed by atoms with Gasteiger partial charge in [0, 0.05) is 0 Å². The third-order valence-corrected chi connectivity index (χ3v) is 8.11. The quantitative estimate of drug-likeness (QED) is 0.548. The minimum atomic E-state index is 1.03. The summed E-state index contributed by atoms with van der Waals surface area (Å²) in [5, 5.41) is 0. The molecule has 0 aromatic rings. The van der Waals surface area contributed by atoms with Crippen molar-refractivity contribution in [3.8, 4) is 0 Å². The Morgan fingerprint density at radius 2 is 1.29 bits per heavy atom. The van der Waals surface area contributed by atoms with Gasteiger partial charge in [-0.25, -0.2) is 0 Å². The Labute approximate surface area is 132 Å². The predicted octanol–water partition coefficient (Wildman–Crippen LogP) is 6.45. The van der Waals surface area contributed by atoms with E-state index in [9.17, 15) is 0 Å². The van der Waals surface area contributed by atoms with Gasteiger partial charge in [0.2, 0.25) is 0 Å². The zero-order chi connectivity index (χ0) is 14.2. The predicted molar refractivity (Wildman–Crippen MR) is 90.1 cm³/mol. The van der Waals surface area contributed by atoms with Gasteiger partial charge in [-0.05, 0) is 73.5 Å². The molecule has 120 valence electrons. The molecule has 0 aromatic heterocycles. The van der Waals surface area contributed by atoms with Gasteiger partial charge in [0.1, 0.15) is 0 Å². The fraction of sp³-hybridized carbons (Fsp3) is 1.00. The highest BCUT2D eigenvalue weighted by atomic mass is 14.5. The maximum Gasteiger partial charge on any atom is -0.0352 e. The van der Waals surface area contributed by atoms with Crippen molar-refractivity contribution in [1.29, 1.82) is 0 Å². The van der Waals surface area contributed by atoms with Gasteiger partial charge in [-0.3, -0.25) is 0 Å². The first-order valence-electron chi connectivity index (χ1n) is 10.3. The number of hydrogen-bond donors (Lipinski definition) is 0. The Balaban J connectivity index is 1.38. The summed E-state index contributed by atoms with van der Waals surface area (Å²) >= 11 is 0. The highest BCUT2D eigenvalue weighted by molar-refractivity contribution is 4.97. The molecule has 0 nitrogen and oxygen atoms in total. The lowest BCUT2D eigenvalue weighted by molar-refractivity contribution is 0.168. The monoisotopic (exact) mass is 288 g/mol. The van der Waals surface area contributed by atoms with E-state index in [1.807, 2.05) is 0 Å².